The molecule has 1 heterocycles. The molecule has 1 rings (SSSR count). The van der Waals surface area contributed by atoms with E-state index in [2.05, 4.69) is 10.3 Å². The van der Waals surface area contributed by atoms with Crippen LogP contribution in [0.2, 0.25) is 0 Å². The summed E-state index contributed by atoms with van der Waals surface area (Å²) >= 11 is 0. The fourth-order valence-electron chi connectivity index (χ4n) is 2.00. The number of carbonyl (C=O) groups is 2. The second kappa shape index (κ2) is 8.94. The Hall–Kier alpha value is -2.11. The predicted octanol–water partition coefficient (Wildman–Crippen LogP) is 1.91. The number of likely N-dealkylation sites (N-methyl/N-ethyl adjacent to an activating group) is 1. The first-order valence-electron chi connectivity index (χ1n) is 7.16. The number of pyridine rings is 1. The molecule has 0 saturated carbocycles. The van der Waals surface area contributed by atoms with Gasteiger partial charge in [0.15, 0.2) is 0 Å². The van der Waals surface area contributed by atoms with Crippen LogP contribution >= 0.6 is 0 Å². The molecule has 0 saturated heterocycles. The Morgan fingerprint density at radius 3 is 2.76 bits per heavy atom. The minimum atomic E-state index is -0.898. The molecule has 0 aromatic carbocycles. The zero-order valence-electron chi connectivity index (χ0n) is 12.6. The van der Waals surface area contributed by atoms with Gasteiger partial charge >= 0.3 is 12.0 Å². The topological polar surface area (TPSA) is 82.5 Å². The molecule has 6 heteroatoms. The van der Waals surface area contributed by atoms with Crippen molar-refractivity contribution in [3.8, 4) is 0 Å². The van der Waals surface area contributed by atoms with Gasteiger partial charge in [-0.1, -0.05) is 19.4 Å². The number of aliphatic carboxylic acids is 1. The molecule has 0 fully saturated rings. The smallest absolute Gasteiger partial charge is 0.317 e. The van der Waals surface area contributed by atoms with Gasteiger partial charge in [0.05, 0.1) is 6.42 Å². The average Bonchev–Trinajstić information content (AvgIpc) is 2.45. The summed E-state index contributed by atoms with van der Waals surface area (Å²) in [6, 6.07) is 5.10. The summed E-state index contributed by atoms with van der Waals surface area (Å²) in [5.74, 6) is -0.898. The number of amides is 2. The van der Waals surface area contributed by atoms with Gasteiger partial charge in [-0.3, -0.25) is 9.78 Å². The van der Waals surface area contributed by atoms with Gasteiger partial charge in [-0.25, -0.2) is 4.79 Å². The van der Waals surface area contributed by atoms with E-state index in [0.29, 0.717) is 19.4 Å². The van der Waals surface area contributed by atoms with Crippen LogP contribution in [0.3, 0.4) is 0 Å². The highest BCUT2D eigenvalue weighted by atomic mass is 16.4. The molecule has 2 N–H and O–H groups in total. The maximum absolute atomic E-state index is 12.0. The summed E-state index contributed by atoms with van der Waals surface area (Å²) < 4.78 is 0. The normalized spacial score (nSPS) is 11.7. The molecule has 0 aliphatic carbocycles. The molecule has 0 spiro atoms. The van der Waals surface area contributed by atoms with E-state index in [1.807, 2.05) is 25.1 Å². The number of hydrogen-bond acceptors (Lipinski definition) is 3. The lowest BCUT2D eigenvalue weighted by atomic mass is 10.1. The summed E-state index contributed by atoms with van der Waals surface area (Å²) in [4.78, 5) is 28.6. The van der Waals surface area contributed by atoms with E-state index in [9.17, 15) is 9.59 Å². The number of carboxylic acid groups (broad SMARTS) is 1. The van der Waals surface area contributed by atoms with Gasteiger partial charge in [0.1, 0.15) is 0 Å². The van der Waals surface area contributed by atoms with Gasteiger partial charge in [-0.15, -0.1) is 0 Å². The summed E-state index contributed by atoms with van der Waals surface area (Å²) in [6.45, 7) is 2.50. The van der Waals surface area contributed by atoms with Crippen LogP contribution in [0.25, 0.3) is 0 Å². The van der Waals surface area contributed by atoms with Crippen molar-refractivity contribution in [1.29, 1.82) is 0 Å². The summed E-state index contributed by atoms with van der Waals surface area (Å²) in [5.41, 5.74) is 0.924. The molecule has 1 aromatic rings. The Labute approximate surface area is 125 Å². The van der Waals surface area contributed by atoms with Crippen molar-refractivity contribution in [2.24, 2.45) is 0 Å². The molecular weight excluding hydrogens is 270 g/mol. The first kappa shape index (κ1) is 16.9. The second-order valence-electron chi connectivity index (χ2n) is 5.03. The van der Waals surface area contributed by atoms with Crippen LogP contribution in [0.15, 0.2) is 24.4 Å². The van der Waals surface area contributed by atoms with E-state index in [-0.39, 0.29) is 18.5 Å². The first-order chi connectivity index (χ1) is 10.0. The molecule has 21 heavy (non-hydrogen) atoms. The van der Waals surface area contributed by atoms with Crippen molar-refractivity contribution in [1.82, 2.24) is 15.2 Å². The third kappa shape index (κ3) is 6.74. The van der Waals surface area contributed by atoms with Crippen LogP contribution in [0.5, 0.6) is 0 Å². The maximum atomic E-state index is 12.0. The van der Waals surface area contributed by atoms with E-state index < -0.39 is 5.97 Å². The number of carboxylic acids is 1. The van der Waals surface area contributed by atoms with Gasteiger partial charge < -0.3 is 15.3 Å². The second-order valence-corrected chi connectivity index (χ2v) is 5.03. The van der Waals surface area contributed by atoms with Crippen LogP contribution < -0.4 is 5.32 Å². The van der Waals surface area contributed by atoms with Crippen molar-refractivity contribution in [2.75, 3.05) is 13.6 Å². The molecule has 1 aromatic heterocycles. The number of nitrogens with zero attached hydrogens (tertiary/aromatic N) is 2. The van der Waals surface area contributed by atoms with E-state index in [4.69, 9.17) is 5.11 Å². The highest BCUT2D eigenvalue weighted by Gasteiger charge is 2.17. The van der Waals surface area contributed by atoms with Gasteiger partial charge in [0.2, 0.25) is 0 Å². The molecule has 6 nitrogen and oxygen atoms in total. The molecule has 0 radical (unpaired) electrons. The Morgan fingerprint density at radius 1 is 1.43 bits per heavy atom. The number of nitrogens with one attached hydrogen (secondary N) is 1. The molecule has 0 aliphatic heterocycles. The maximum Gasteiger partial charge on any atom is 0.317 e. The lowest BCUT2D eigenvalue weighted by Gasteiger charge is -2.22. The third-order valence-corrected chi connectivity index (χ3v) is 3.16. The van der Waals surface area contributed by atoms with Crippen molar-refractivity contribution in [3.63, 3.8) is 0 Å². The summed E-state index contributed by atoms with van der Waals surface area (Å²) in [6.07, 6.45) is 3.83. The number of aromatic nitrogens is 1. The Morgan fingerprint density at radius 2 is 2.19 bits per heavy atom. The Bertz CT molecular complexity index is 451. The summed E-state index contributed by atoms with van der Waals surface area (Å²) in [7, 11) is 1.70. The molecule has 2 amide bonds. The van der Waals surface area contributed by atoms with Gasteiger partial charge in [-0.2, -0.15) is 0 Å². The molecule has 0 bridgehead atoms. The van der Waals surface area contributed by atoms with Gasteiger partial charge in [-0.05, 0) is 18.6 Å². The van der Waals surface area contributed by atoms with Crippen LogP contribution in [0.1, 0.15) is 31.9 Å². The zero-order valence-corrected chi connectivity index (χ0v) is 12.6. The SMILES string of the molecule is CCCC(CC(=O)O)NC(=O)N(C)CCc1ccccn1. The number of urea groups is 1. The van der Waals surface area contributed by atoms with Crippen LogP contribution in [-0.2, 0) is 11.2 Å². The van der Waals surface area contributed by atoms with Crippen LogP contribution in [-0.4, -0.2) is 46.6 Å². The average molecular weight is 293 g/mol. The van der Waals surface area contributed by atoms with E-state index >= 15 is 0 Å². The van der Waals surface area contributed by atoms with Crippen molar-refractivity contribution in [3.05, 3.63) is 30.1 Å². The van der Waals surface area contributed by atoms with Crippen molar-refractivity contribution < 1.29 is 14.7 Å². The van der Waals surface area contributed by atoms with Crippen LogP contribution in [0.4, 0.5) is 4.79 Å². The quantitative estimate of drug-likeness (QED) is 0.767. The zero-order chi connectivity index (χ0) is 15.7. The lowest BCUT2D eigenvalue weighted by Crippen LogP contribution is -2.44. The molecule has 116 valence electrons. The summed E-state index contributed by atoms with van der Waals surface area (Å²) in [5, 5.41) is 11.6. The molecule has 1 unspecified atom stereocenters. The first-order valence-corrected chi connectivity index (χ1v) is 7.16. The highest BCUT2D eigenvalue weighted by molar-refractivity contribution is 5.75. The van der Waals surface area contributed by atoms with Gasteiger partial charge in [0, 0.05) is 37.9 Å². The lowest BCUT2D eigenvalue weighted by molar-refractivity contribution is -0.137. The monoisotopic (exact) mass is 293 g/mol. The number of hydrogen-bond donors (Lipinski definition) is 2. The van der Waals surface area contributed by atoms with Gasteiger partial charge in [0.25, 0.3) is 0 Å². The molecule has 0 aliphatic rings. The molecule has 1 atom stereocenters. The Balaban J connectivity index is 2.43. The third-order valence-electron chi connectivity index (χ3n) is 3.16. The van der Waals surface area contributed by atoms with Crippen molar-refractivity contribution in [2.45, 2.75) is 38.6 Å². The van der Waals surface area contributed by atoms with E-state index in [1.54, 1.807) is 18.1 Å². The fraction of sp³-hybridized carbons (Fsp3) is 0.533. The molecular formula is C15H23N3O3. The largest absolute Gasteiger partial charge is 0.481 e. The van der Waals surface area contributed by atoms with E-state index in [1.165, 1.54) is 0 Å². The predicted molar refractivity (Wildman–Crippen MR) is 80.1 cm³/mol. The standard InChI is InChI=1S/C15H23N3O3/c1-3-6-13(11-14(19)20)17-15(21)18(2)10-8-12-7-4-5-9-16-12/h4-5,7,9,13H,3,6,8,10-11H2,1-2H3,(H,17,21)(H,19,20). The number of carbonyl (C=O) groups excluding carboxylic acids is 1. The fourth-order valence-corrected chi connectivity index (χ4v) is 2.00. The highest BCUT2D eigenvalue weighted by Crippen LogP contribution is 2.03. The minimum absolute atomic E-state index is 0.0480. The minimum Gasteiger partial charge on any atom is -0.481 e. The number of rotatable bonds is 8. The van der Waals surface area contributed by atoms with Crippen molar-refractivity contribution >= 4 is 12.0 Å². The van der Waals surface area contributed by atoms with E-state index in [0.717, 1.165) is 12.1 Å². The van der Waals surface area contributed by atoms with Crippen LogP contribution in [0, 0.1) is 0 Å². The Kier molecular flexibility index (Phi) is 7.21.